The Bertz CT molecular complexity index is 1180. The molecule has 0 fully saturated rings. The number of halogens is 1. The summed E-state index contributed by atoms with van der Waals surface area (Å²) in [5.74, 6) is 0.0885. The summed E-state index contributed by atoms with van der Waals surface area (Å²) in [7, 11) is 0. The molecule has 0 bridgehead atoms. The van der Waals surface area contributed by atoms with Gasteiger partial charge in [-0.3, -0.25) is 0 Å². The van der Waals surface area contributed by atoms with Crippen LogP contribution in [0.25, 0.3) is 11.2 Å². The Kier molecular flexibility index (Phi) is 5.50. The lowest BCUT2D eigenvalue weighted by Crippen LogP contribution is -2.09. The minimum absolute atomic E-state index is 0.548. The summed E-state index contributed by atoms with van der Waals surface area (Å²) >= 11 is 6.15. The van der Waals surface area contributed by atoms with Crippen molar-refractivity contribution < 1.29 is 0 Å². The number of nitrogens with zero attached hydrogens (tertiary/aromatic N) is 6. The Hall–Kier alpha value is -3.30. The average molecular weight is 403 g/mol. The first-order chi connectivity index (χ1) is 14.2. The summed E-state index contributed by atoms with van der Waals surface area (Å²) in [6, 6.07) is 19.7. The van der Waals surface area contributed by atoms with Gasteiger partial charge in [0.05, 0.1) is 18.3 Å². The van der Waals surface area contributed by atoms with Gasteiger partial charge in [-0.2, -0.15) is 5.26 Å². The van der Waals surface area contributed by atoms with Crippen molar-refractivity contribution in [2.24, 2.45) is 0 Å². The molecule has 0 aliphatic heterocycles. The summed E-state index contributed by atoms with van der Waals surface area (Å²) in [6.07, 6.45) is 1.62. The van der Waals surface area contributed by atoms with Gasteiger partial charge < -0.3 is 0 Å². The van der Waals surface area contributed by atoms with Gasteiger partial charge in [0.25, 0.3) is 0 Å². The highest BCUT2D eigenvalue weighted by Crippen LogP contribution is 2.29. The molecule has 2 aromatic heterocycles. The molecule has 6 nitrogen and oxygen atoms in total. The highest BCUT2D eigenvalue weighted by molar-refractivity contribution is 6.30. The molecule has 0 spiro atoms. The highest BCUT2D eigenvalue weighted by Gasteiger charge is 2.23. The van der Waals surface area contributed by atoms with Gasteiger partial charge in [-0.1, -0.05) is 66.2 Å². The van der Waals surface area contributed by atoms with Gasteiger partial charge in [-0.15, -0.1) is 5.10 Å². The smallest absolute Gasteiger partial charge is 0.182 e. The van der Waals surface area contributed by atoms with Crippen molar-refractivity contribution in [2.75, 3.05) is 0 Å². The molecule has 0 radical (unpaired) electrons. The van der Waals surface area contributed by atoms with Crippen LogP contribution in [0.4, 0.5) is 0 Å². The van der Waals surface area contributed by atoms with Crippen LogP contribution in [0.5, 0.6) is 0 Å². The van der Waals surface area contributed by atoms with E-state index in [0.717, 1.165) is 17.5 Å². The van der Waals surface area contributed by atoms with Crippen molar-refractivity contribution in [3.8, 4) is 6.07 Å². The fourth-order valence-electron chi connectivity index (χ4n) is 3.30. The summed E-state index contributed by atoms with van der Waals surface area (Å²) in [5, 5.41) is 19.2. The molecule has 0 saturated carbocycles. The Labute approximate surface area is 173 Å². The molecule has 2 heterocycles. The van der Waals surface area contributed by atoms with Crippen molar-refractivity contribution in [3.05, 3.63) is 82.3 Å². The maximum atomic E-state index is 9.94. The lowest BCUT2D eigenvalue weighted by Gasteiger charge is -2.12. The van der Waals surface area contributed by atoms with Crippen LogP contribution in [0.15, 0.2) is 54.6 Å². The summed E-state index contributed by atoms with van der Waals surface area (Å²) < 4.78 is 1.77. The lowest BCUT2D eigenvalue weighted by atomic mass is 9.96. The second-order valence-electron chi connectivity index (χ2n) is 6.80. The van der Waals surface area contributed by atoms with Crippen LogP contribution in [0.3, 0.4) is 0 Å². The van der Waals surface area contributed by atoms with E-state index in [4.69, 9.17) is 21.6 Å². The minimum atomic E-state index is -0.600. The molecular weight excluding hydrogens is 384 g/mol. The van der Waals surface area contributed by atoms with Crippen LogP contribution in [-0.4, -0.2) is 25.0 Å². The molecule has 0 amide bonds. The molecule has 0 saturated heterocycles. The third-order valence-corrected chi connectivity index (χ3v) is 4.90. The number of aryl methyl sites for hydroxylation is 1. The summed E-state index contributed by atoms with van der Waals surface area (Å²) in [5.41, 5.74) is 3.64. The number of rotatable bonds is 6. The SMILES string of the molecule is CCCc1nc(C(C#N)c2cccc(Cl)c2)c2nnn(Cc3ccccc3)c2n1. The number of fused-ring (bicyclic) bond motifs is 1. The van der Waals surface area contributed by atoms with Gasteiger partial charge >= 0.3 is 0 Å². The predicted octanol–water partition coefficient (Wildman–Crippen LogP) is 4.53. The van der Waals surface area contributed by atoms with E-state index in [1.807, 2.05) is 42.5 Å². The molecule has 144 valence electrons. The summed E-state index contributed by atoms with van der Waals surface area (Å²) in [6.45, 7) is 2.62. The van der Waals surface area contributed by atoms with Crippen LogP contribution in [-0.2, 0) is 13.0 Å². The zero-order valence-corrected chi connectivity index (χ0v) is 16.7. The van der Waals surface area contributed by atoms with E-state index < -0.39 is 5.92 Å². The fourth-order valence-corrected chi connectivity index (χ4v) is 3.50. The minimum Gasteiger partial charge on any atom is -0.234 e. The van der Waals surface area contributed by atoms with Gasteiger partial charge in [0, 0.05) is 11.4 Å². The number of nitriles is 1. The van der Waals surface area contributed by atoms with E-state index in [2.05, 4.69) is 23.3 Å². The van der Waals surface area contributed by atoms with Crippen LogP contribution >= 0.6 is 11.6 Å². The lowest BCUT2D eigenvalue weighted by molar-refractivity contribution is 0.662. The molecule has 1 atom stereocenters. The second kappa shape index (κ2) is 8.38. The average Bonchev–Trinajstić information content (AvgIpc) is 3.12. The molecule has 0 aliphatic rings. The van der Waals surface area contributed by atoms with E-state index in [9.17, 15) is 5.26 Å². The van der Waals surface area contributed by atoms with E-state index >= 15 is 0 Å². The molecule has 4 rings (SSSR count). The van der Waals surface area contributed by atoms with E-state index in [1.54, 1.807) is 16.8 Å². The molecular formula is C22H19ClN6. The maximum absolute atomic E-state index is 9.94. The first kappa shape index (κ1) is 19.0. The number of aromatic nitrogens is 5. The van der Waals surface area contributed by atoms with Gasteiger partial charge in [0.15, 0.2) is 11.2 Å². The van der Waals surface area contributed by atoms with Crippen molar-refractivity contribution in [3.63, 3.8) is 0 Å². The van der Waals surface area contributed by atoms with E-state index in [0.29, 0.717) is 40.7 Å². The van der Waals surface area contributed by atoms with Crippen LogP contribution in [0.2, 0.25) is 5.02 Å². The van der Waals surface area contributed by atoms with Crippen molar-refractivity contribution in [1.82, 2.24) is 25.0 Å². The Morgan fingerprint density at radius 2 is 1.93 bits per heavy atom. The van der Waals surface area contributed by atoms with Crippen molar-refractivity contribution >= 4 is 22.8 Å². The topological polar surface area (TPSA) is 80.3 Å². The number of hydrogen-bond acceptors (Lipinski definition) is 5. The monoisotopic (exact) mass is 402 g/mol. The van der Waals surface area contributed by atoms with Crippen LogP contribution in [0.1, 0.15) is 41.9 Å². The molecule has 4 aromatic rings. The Morgan fingerprint density at radius 3 is 2.66 bits per heavy atom. The molecule has 29 heavy (non-hydrogen) atoms. The Morgan fingerprint density at radius 1 is 1.10 bits per heavy atom. The fraction of sp³-hybridized carbons (Fsp3) is 0.227. The zero-order chi connectivity index (χ0) is 20.2. The predicted molar refractivity (Wildman–Crippen MR) is 112 cm³/mol. The first-order valence-electron chi connectivity index (χ1n) is 9.48. The number of benzene rings is 2. The maximum Gasteiger partial charge on any atom is 0.182 e. The van der Waals surface area contributed by atoms with Gasteiger partial charge in [-0.25, -0.2) is 14.6 Å². The van der Waals surface area contributed by atoms with Gasteiger partial charge in [-0.05, 0) is 29.7 Å². The van der Waals surface area contributed by atoms with Gasteiger partial charge in [0.1, 0.15) is 11.7 Å². The quantitative estimate of drug-likeness (QED) is 0.473. The van der Waals surface area contributed by atoms with E-state index in [1.165, 1.54) is 0 Å². The number of hydrogen-bond donors (Lipinski definition) is 0. The highest BCUT2D eigenvalue weighted by atomic mass is 35.5. The van der Waals surface area contributed by atoms with Crippen LogP contribution in [0, 0.1) is 11.3 Å². The molecule has 7 heteroatoms. The van der Waals surface area contributed by atoms with Crippen molar-refractivity contribution in [1.29, 1.82) is 5.26 Å². The zero-order valence-electron chi connectivity index (χ0n) is 16.0. The molecule has 1 unspecified atom stereocenters. The largest absolute Gasteiger partial charge is 0.234 e. The summed E-state index contributed by atoms with van der Waals surface area (Å²) in [4.78, 5) is 9.40. The van der Waals surface area contributed by atoms with Crippen molar-refractivity contribution in [2.45, 2.75) is 32.2 Å². The van der Waals surface area contributed by atoms with Crippen LogP contribution < -0.4 is 0 Å². The molecule has 0 aliphatic carbocycles. The third kappa shape index (κ3) is 3.96. The first-order valence-corrected chi connectivity index (χ1v) is 9.86. The third-order valence-electron chi connectivity index (χ3n) is 4.67. The van der Waals surface area contributed by atoms with Gasteiger partial charge in [0.2, 0.25) is 0 Å². The molecule has 0 N–H and O–H groups in total. The second-order valence-corrected chi connectivity index (χ2v) is 7.23. The normalized spacial score (nSPS) is 12.0. The van der Waals surface area contributed by atoms with E-state index in [-0.39, 0.29) is 0 Å². The molecule has 2 aromatic carbocycles. The Balaban J connectivity index is 1.86. The standard InChI is InChI=1S/C22H19ClN6/c1-2-7-19-25-20(18(13-24)16-10-6-11-17(23)12-16)21-22(26-19)29(28-27-21)14-15-8-4-3-5-9-15/h3-6,8-12,18H,2,7,14H2,1H3.